The van der Waals surface area contributed by atoms with Gasteiger partial charge in [0, 0.05) is 19.6 Å². The van der Waals surface area contributed by atoms with Crippen molar-refractivity contribution in [2.75, 3.05) is 7.11 Å². The molecule has 15 heavy (non-hydrogen) atoms. The molecule has 2 atom stereocenters. The number of hydrogen-bond donors (Lipinski definition) is 1. The van der Waals surface area contributed by atoms with E-state index < -0.39 is 0 Å². The average molecular weight is 212 g/mol. The van der Waals surface area contributed by atoms with Crippen molar-refractivity contribution in [3.8, 4) is 0 Å². The lowest BCUT2D eigenvalue weighted by Gasteiger charge is -2.18. The Hall–Kier alpha value is -0.870. The molecule has 0 fully saturated rings. The molecule has 0 saturated heterocycles. The molecule has 0 amide bonds. The lowest BCUT2D eigenvalue weighted by molar-refractivity contribution is 0.0873. The standard InChI is InChI=1S/C11H20N2O2/c1-5-10-6-13-11(15-10)7-12-8(2)9(3)14-4/h6,8-9,12H,5,7H2,1-4H3. The fourth-order valence-electron chi connectivity index (χ4n) is 1.21. The number of oxazole rings is 1. The minimum atomic E-state index is 0.186. The summed E-state index contributed by atoms with van der Waals surface area (Å²) in [5.41, 5.74) is 0. The molecule has 0 radical (unpaired) electrons. The molecule has 0 bridgehead atoms. The van der Waals surface area contributed by atoms with Crippen molar-refractivity contribution in [2.45, 2.75) is 45.9 Å². The Kier molecular flexibility index (Phi) is 4.78. The van der Waals surface area contributed by atoms with Gasteiger partial charge in [0.2, 0.25) is 5.89 Å². The fraction of sp³-hybridized carbons (Fsp3) is 0.727. The predicted octanol–water partition coefficient (Wildman–Crippen LogP) is 1.75. The first-order valence-corrected chi connectivity index (χ1v) is 5.37. The highest BCUT2D eigenvalue weighted by molar-refractivity contribution is 4.93. The van der Waals surface area contributed by atoms with E-state index >= 15 is 0 Å². The molecule has 1 aromatic rings. The summed E-state index contributed by atoms with van der Waals surface area (Å²) in [6.07, 6.45) is 2.85. The third-order valence-corrected chi connectivity index (χ3v) is 2.60. The molecule has 0 aliphatic heterocycles. The first-order chi connectivity index (χ1) is 7.17. The largest absolute Gasteiger partial charge is 0.444 e. The van der Waals surface area contributed by atoms with Crippen LogP contribution in [0.5, 0.6) is 0 Å². The highest BCUT2D eigenvalue weighted by Gasteiger charge is 2.11. The zero-order valence-electron chi connectivity index (χ0n) is 9.91. The van der Waals surface area contributed by atoms with Crippen LogP contribution in [0.15, 0.2) is 10.6 Å². The van der Waals surface area contributed by atoms with Gasteiger partial charge in [-0.05, 0) is 13.8 Å². The minimum absolute atomic E-state index is 0.186. The SMILES string of the molecule is CCc1cnc(CNC(C)C(C)OC)o1. The summed E-state index contributed by atoms with van der Waals surface area (Å²) >= 11 is 0. The van der Waals surface area contributed by atoms with Crippen LogP contribution in [0.4, 0.5) is 0 Å². The molecule has 0 saturated carbocycles. The lowest BCUT2D eigenvalue weighted by Crippen LogP contribution is -2.36. The van der Waals surface area contributed by atoms with E-state index in [4.69, 9.17) is 9.15 Å². The van der Waals surface area contributed by atoms with Crippen LogP contribution in [-0.2, 0) is 17.7 Å². The van der Waals surface area contributed by atoms with Crippen molar-refractivity contribution in [3.05, 3.63) is 17.8 Å². The maximum absolute atomic E-state index is 5.48. The van der Waals surface area contributed by atoms with Gasteiger partial charge in [0.25, 0.3) is 0 Å². The van der Waals surface area contributed by atoms with Gasteiger partial charge in [0.1, 0.15) is 5.76 Å². The first kappa shape index (κ1) is 12.2. The van der Waals surface area contributed by atoms with Crippen molar-refractivity contribution >= 4 is 0 Å². The minimum Gasteiger partial charge on any atom is -0.444 e. The normalized spacial score (nSPS) is 15.2. The molecule has 1 heterocycles. The smallest absolute Gasteiger partial charge is 0.208 e. The van der Waals surface area contributed by atoms with Crippen LogP contribution in [0, 0.1) is 0 Å². The Morgan fingerprint density at radius 3 is 2.80 bits per heavy atom. The molecular formula is C11H20N2O2. The van der Waals surface area contributed by atoms with Gasteiger partial charge >= 0.3 is 0 Å². The number of aromatic nitrogens is 1. The van der Waals surface area contributed by atoms with Crippen molar-refractivity contribution in [1.82, 2.24) is 10.3 Å². The number of rotatable bonds is 6. The molecule has 0 aromatic carbocycles. The molecule has 1 aromatic heterocycles. The van der Waals surface area contributed by atoms with Crippen molar-refractivity contribution in [3.63, 3.8) is 0 Å². The van der Waals surface area contributed by atoms with Gasteiger partial charge in [-0.15, -0.1) is 0 Å². The van der Waals surface area contributed by atoms with Crippen LogP contribution >= 0.6 is 0 Å². The first-order valence-electron chi connectivity index (χ1n) is 5.37. The van der Waals surface area contributed by atoms with E-state index in [-0.39, 0.29) is 12.1 Å². The fourth-order valence-corrected chi connectivity index (χ4v) is 1.21. The molecule has 0 aliphatic rings. The third kappa shape index (κ3) is 3.64. The summed E-state index contributed by atoms with van der Waals surface area (Å²) in [4.78, 5) is 4.17. The van der Waals surface area contributed by atoms with E-state index in [1.165, 1.54) is 0 Å². The molecule has 4 nitrogen and oxygen atoms in total. The predicted molar refractivity (Wildman–Crippen MR) is 58.7 cm³/mol. The molecule has 0 spiro atoms. The van der Waals surface area contributed by atoms with Gasteiger partial charge < -0.3 is 14.5 Å². The van der Waals surface area contributed by atoms with E-state index in [0.29, 0.717) is 6.54 Å². The molecule has 2 unspecified atom stereocenters. The molecular weight excluding hydrogens is 192 g/mol. The summed E-state index contributed by atoms with van der Waals surface area (Å²) in [6, 6.07) is 0.284. The van der Waals surface area contributed by atoms with Crippen molar-refractivity contribution < 1.29 is 9.15 Å². The number of ether oxygens (including phenoxy) is 1. The topological polar surface area (TPSA) is 47.3 Å². The summed E-state index contributed by atoms with van der Waals surface area (Å²) in [7, 11) is 1.71. The quantitative estimate of drug-likeness (QED) is 0.780. The Bertz CT molecular complexity index is 286. The van der Waals surface area contributed by atoms with Crippen molar-refractivity contribution in [2.24, 2.45) is 0 Å². The van der Waals surface area contributed by atoms with E-state index in [1.807, 2.05) is 13.8 Å². The zero-order chi connectivity index (χ0) is 11.3. The third-order valence-electron chi connectivity index (χ3n) is 2.60. The lowest BCUT2D eigenvalue weighted by atomic mass is 10.2. The van der Waals surface area contributed by atoms with Gasteiger partial charge in [-0.25, -0.2) is 4.98 Å². The van der Waals surface area contributed by atoms with E-state index in [1.54, 1.807) is 13.3 Å². The summed E-state index contributed by atoms with van der Waals surface area (Å²) < 4.78 is 10.7. The second kappa shape index (κ2) is 5.88. The highest BCUT2D eigenvalue weighted by Crippen LogP contribution is 2.05. The molecule has 1 rings (SSSR count). The monoisotopic (exact) mass is 212 g/mol. The molecule has 86 valence electrons. The summed E-state index contributed by atoms with van der Waals surface area (Å²) in [5.74, 6) is 1.67. The van der Waals surface area contributed by atoms with E-state index in [0.717, 1.165) is 18.1 Å². The van der Waals surface area contributed by atoms with Gasteiger partial charge in [-0.1, -0.05) is 6.92 Å². The number of hydrogen-bond acceptors (Lipinski definition) is 4. The maximum Gasteiger partial charge on any atom is 0.208 e. The maximum atomic E-state index is 5.48. The number of nitrogens with zero attached hydrogens (tertiary/aromatic N) is 1. The molecule has 1 N–H and O–H groups in total. The second-order valence-corrected chi connectivity index (χ2v) is 3.68. The van der Waals surface area contributed by atoms with E-state index in [9.17, 15) is 0 Å². The molecule has 0 aliphatic carbocycles. The van der Waals surface area contributed by atoms with Crippen LogP contribution in [0.1, 0.15) is 32.4 Å². The van der Waals surface area contributed by atoms with Gasteiger partial charge in [-0.2, -0.15) is 0 Å². The Morgan fingerprint density at radius 2 is 2.27 bits per heavy atom. The summed E-state index contributed by atoms with van der Waals surface area (Å²) in [6.45, 7) is 6.81. The second-order valence-electron chi connectivity index (χ2n) is 3.68. The Balaban J connectivity index is 2.36. The van der Waals surface area contributed by atoms with Gasteiger partial charge in [0.15, 0.2) is 0 Å². The van der Waals surface area contributed by atoms with Crippen LogP contribution in [0.25, 0.3) is 0 Å². The Morgan fingerprint density at radius 1 is 1.53 bits per heavy atom. The number of methoxy groups -OCH3 is 1. The average Bonchev–Trinajstić information content (AvgIpc) is 2.72. The number of nitrogens with one attached hydrogen (secondary N) is 1. The Labute approximate surface area is 91.0 Å². The highest BCUT2D eigenvalue weighted by atomic mass is 16.5. The van der Waals surface area contributed by atoms with Crippen LogP contribution in [0.2, 0.25) is 0 Å². The van der Waals surface area contributed by atoms with E-state index in [2.05, 4.69) is 17.2 Å². The summed E-state index contributed by atoms with van der Waals surface area (Å²) in [5, 5.41) is 3.31. The van der Waals surface area contributed by atoms with Crippen LogP contribution in [0.3, 0.4) is 0 Å². The van der Waals surface area contributed by atoms with Gasteiger partial charge in [0.05, 0.1) is 18.8 Å². The van der Waals surface area contributed by atoms with Gasteiger partial charge in [-0.3, -0.25) is 0 Å². The molecule has 4 heteroatoms. The zero-order valence-corrected chi connectivity index (χ0v) is 9.91. The number of aryl methyl sites for hydroxylation is 1. The van der Waals surface area contributed by atoms with Crippen LogP contribution in [-0.4, -0.2) is 24.2 Å². The van der Waals surface area contributed by atoms with Crippen molar-refractivity contribution in [1.29, 1.82) is 0 Å². The van der Waals surface area contributed by atoms with Crippen LogP contribution < -0.4 is 5.32 Å².